The first-order chi connectivity index (χ1) is 9.03. The highest BCUT2D eigenvalue weighted by molar-refractivity contribution is 6.70. The van der Waals surface area contributed by atoms with Crippen molar-refractivity contribution in [2.24, 2.45) is 5.92 Å². The van der Waals surface area contributed by atoms with Gasteiger partial charge in [0.05, 0.1) is 7.11 Å². The monoisotopic (exact) mass is 340 g/mol. The average molecular weight is 341 g/mol. The second-order valence-corrected chi connectivity index (χ2v) is 11.9. The zero-order valence-electron chi connectivity index (χ0n) is 12.6. The number of Topliss-reactive ketones (excluding diaryl/α,β-unsaturated/α-hetero) is 1. The van der Waals surface area contributed by atoms with E-state index in [9.17, 15) is 9.59 Å². The van der Waals surface area contributed by atoms with Gasteiger partial charge < -0.3 is 9.16 Å². The van der Waals surface area contributed by atoms with Crippen molar-refractivity contribution in [3.05, 3.63) is 0 Å². The summed E-state index contributed by atoms with van der Waals surface area (Å²) in [6.07, 6.45) is 1.57. The number of ketones is 1. The average Bonchev–Trinajstić information content (AvgIpc) is 2.49. The van der Waals surface area contributed by atoms with Gasteiger partial charge in [0.25, 0.3) is 0 Å². The summed E-state index contributed by atoms with van der Waals surface area (Å²) >= 11 is 12.5. The van der Waals surface area contributed by atoms with E-state index in [1.807, 2.05) is 26.6 Å². The first-order valence-corrected chi connectivity index (χ1v) is 10.9. The van der Waals surface area contributed by atoms with Crippen molar-refractivity contribution < 1.29 is 18.8 Å². The van der Waals surface area contributed by atoms with Crippen LogP contribution in [-0.2, 0) is 18.8 Å². The fraction of sp³-hybridized carbons (Fsp3) is 0.846. The van der Waals surface area contributed by atoms with Gasteiger partial charge in [-0.3, -0.25) is 4.79 Å². The molecule has 1 rings (SSSR count). The molecule has 20 heavy (non-hydrogen) atoms. The number of methoxy groups -OCH3 is 1. The third kappa shape index (κ3) is 2.91. The minimum absolute atomic E-state index is 0.139. The van der Waals surface area contributed by atoms with Gasteiger partial charge in [-0.15, -0.1) is 0 Å². The number of hydrogen-bond acceptors (Lipinski definition) is 4. The van der Waals surface area contributed by atoms with Crippen molar-refractivity contribution in [3.8, 4) is 0 Å². The van der Waals surface area contributed by atoms with Gasteiger partial charge in [-0.1, -0.05) is 36.5 Å². The Hall–Kier alpha value is -0.103. The SMILES string of the molecule is CCCC1CC(=O)C(Cl)(Cl)C1(O[Si](C)(C)C)C(=O)OC. The molecule has 0 aromatic rings. The van der Waals surface area contributed by atoms with Crippen LogP contribution < -0.4 is 0 Å². The molecule has 0 aliphatic heterocycles. The minimum Gasteiger partial charge on any atom is -0.467 e. The van der Waals surface area contributed by atoms with Crippen LogP contribution in [0.5, 0.6) is 0 Å². The summed E-state index contributed by atoms with van der Waals surface area (Å²) in [6.45, 7) is 7.75. The molecular formula is C13H22Cl2O4Si. The van der Waals surface area contributed by atoms with Gasteiger partial charge in [0.15, 0.2) is 19.7 Å². The molecule has 1 aliphatic rings. The summed E-state index contributed by atoms with van der Waals surface area (Å²) in [5.74, 6) is -1.38. The van der Waals surface area contributed by atoms with Crippen LogP contribution >= 0.6 is 23.2 Å². The zero-order chi connectivity index (χ0) is 15.8. The number of halogens is 2. The van der Waals surface area contributed by atoms with E-state index in [0.717, 1.165) is 6.42 Å². The molecule has 0 amide bonds. The second-order valence-electron chi connectivity index (χ2n) is 6.13. The summed E-state index contributed by atoms with van der Waals surface area (Å²) < 4.78 is 9.06. The largest absolute Gasteiger partial charge is 0.467 e. The molecule has 1 aliphatic carbocycles. The van der Waals surface area contributed by atoms with Gasteiger partial charge in [-0.2, -0.15) is 0 Å². The number of ether oxygens (including phenoxy) is 1. The quantitative estimate of drug-likeness (QED) is 0.437. The summed E-state index contributed by atoms with van der Waals surface area (Å²) in [7, 11) is -0.928. The molecule has 0 aromatic heterocycles. The molecule has 0 spiro atoms. The Morgan fingerprint density at radius 3 is 2.35 bits per heavy atom. The molecular weight excluding hydrogens is 319 g/mol. The van der Waals surface area contributed by atoms with Gasteiger partial charge in [-0.05, 0) is 26.1 Å². The van der Waals surface area contributed by atoms with Crippen LogP contribution in [0.25, 0.3) is 0 Å². The van der Waals surface area contributed by atoms with Crippen LogP contribution in [0.1, 0.15) is 26.2 Å². The van der Waals surface area contributed by atoms with Crippen molar-refractivity contribution >= 4 is 43.3 Å². The van der Waals surface area contributed by atoms with Gasteiger partial charge in [0, 0.05) is 12.3 Å². The molecule has 7 heteroatoms. The van der Waals surface area contributed by atoms with Crippen LogP contribution in [0.4, 0.5) is 0 Å². The maximum atomic E-state index is 12.4. The molecule has 116 valence electrons. The molecule has 4 nitrogen and oxygen atoms in total. The Balaban J connectivity index is 3.41. The van der Waals surface area contributed by atoms with E-state index < -0.39 is 24.2 Å². The Kier molecular flexibility index (Phi) is 5.34. The van der Waals surface area contributed by atoms with Gasteiger partial charge in [0.1, 0.15) is 0 Å². The summed E-state index contributed by atoms with van der Waals surface area (Å²) in [5.41, 5.74) is -1.59. The Labute approximate surface area is 131 Å². The Bertz CT molecular complexity index is 406. The van der Waals surface area contributed by atoms with Crippen LogP contribution in [0, 0.1) is 5.92 Å². The standard InChI is InChI=1S/C13H22Cl2O4Si/c1-6-7-9-8-10(16)13(14,15)12(9,11(17)18-2)19-20(3,4)5/h9H,6-8H2,1-5H3. The summed E-state index contributed by atoms with van der Waals surface area (Å²) in [5, 5.41) is 0. The van der Waals surface area contributed by atoms with E-state index in [1.165, 1.54) is 7.11 Å². The summed E-state index contributed by atoms with van der Waals surface area (Å²) in [6, 6.07) is 0. The molecule has 0 N–H and O–H groups in total. The lowest BCUT2D eigenvalue weighted by Gasteiger charge is -2.42. The lowest BCUT2D eigenvalue weighted by atomic mass is 9.87. The van der Waals surface area contributed by atoms with E-state index in [2.05, 4.69) is 0 Å². The molecule has 0 bridgehead atoms. The lowest BCUT2D eigenvalue weighted by molar-refractivity contribution is -0.165. The fourth-order valence-corrected chi connectivity index (χ4v) is 4.92. The van der Waals surface area contributed by atoms with Crippen LogP contribution in [0.3, 0.4) is 0 Å². The van der Waals surface area contributed by atoms with Crippen LogP contribution in [0.15, 0.2) is 0 Å². The first-order valence-electron chi connectivity index (χ1n) is 6.72. The van der Waals surface area contributed by atoms with E-state index in [-0.39, 0.29) is 18.1 Å². The van der Waals surface area contributed by atoms with Crippen molar-refractivity contribution in [2.45, 2.75) is 55.8 Å². The highest BCUT2D eigenvalue weighted by Crippen LogP contribution is 2.54. The molecule has 1 saturated carbocycles. The summed E-state index contributed by atoms with van der Waals surface area (Å²) in [4.78, 5) is 24.6. The second kappa shape index (κ2) is 5.95. The molecule has 0 aromatic carbocycles. The third-order valence-electron chi connectivity index (χ3n) is 3.42. The molecule has 2 atom stereocenters. The molecule has 0 heterocycles. The number of esters is 1. The van der Waals surface area contributed by atoms with Crippen molar-refractivity contribution in [3.63, 3.8) is 0 Å². The molecule has 1 fully saturated rings. The number of carbonyl (C=O) groups excluding carboxylic acids is 2. The number of carbonyl (C=O) groups is 2. The van der Waals surface area contributed by atoms with Crippen LogP contribution in [0.2, 0.25) is 19.6 Å². The maximum Gasteiger partial charge on any atom is 0.341 e. The molecule has 2 unspecified atom stereocenters. The Morgan fingerprint density at radius 2 is 1.95 bits per heavy atom. The smallest absolute Gasteiger partial charge is 0.341 e. The van der Waals surface area contributed by atoms with Crippen molar-refractivity contribution in [2.75, 3.05) is 7.11 Å². The van der Waals surface area contributed by atoms with E-state index in [0.29, 0.717) is 6.42 Å². The van der Waals surface area contributed by atoms with E-state index in [4.69, 9.17) is 32.4 Å². The first kappa shape index (κ1) is 17.9. The van der Waals surface area contributed by atoms with E-state index in [1.54, 1.807) is 0 Å². The van der Waals surface area contributed by atoms with Crippen LogP contribution in [-0.4, -0.2) is 37.1 Å². The third-order valence-corrected chi connectivity index (χ3v) is 5.33. The van der Waals surface area contributed by atoms with Crippen molar-refractivity contribution in [1.29, 1.82) is 0 Å². The Morgan fingerprint density at radius 1 is 1.40 bits per heavy atom. The molecule has 0 saturated heterocycles. The molecule has 0 radical (unpaired) electrons. The van der Waals surface area contributed by atoms with Gasteiger partial charge in [-0.25, -0.2) is 4.79 Å². The highest BCUT2D eigenvalue weighted by atomic mass is 35.5. The maximum absolute atomic E-state index is 12.4. The number of rotatable bonds is 5. The lowest BCUT2D eigenvalue weighted by Crippen LogP contribution is -2.61. The van der Waals surface area contributed by atoms with Crippen molar-refractivity contribution in [1.82, 2.24) is 0 Å². The zero-order valence-corrected chi connectivity index (χ0v) is 15.1. The highest BCUT2D eigenvalue weighted by Gasteiger charge is 2.71. The topological polar surface area (TPSA) is 52.6 Å². The van der Waals surface area contributed by atoms with Gasteiger partial charge in [0.2, 0.25) is 4.33 Å². The number of alkyl halides is 2. The fourth-order valence-electron chi connectivity index (χ4n) is 2.73. The predicted octanol–water partition coefficient (Wildman–Crippen LogP) is 3.31. The van der Waals surface area contributed by atoms with E-state index >= 15 is 0 Å². The minimum atomic E-state index is -2.18. The normalized spacial score (nSPS) is 29.6. The number of hydrogen-bond donors (Lipinski definition) is 0. The predicted molar refractivity (Wildman–Crippen MR) is 81.6 cm³/mol. The van der Waals surface area contributed by atoms with Gasteiger partial charge >= 0.3 is 5.97 Å².